The smallest absolute Gasteiger partial charge is 0.234 e. The molecule has 0 aromatic heterocycles. The highest BCUT2D eigenvalue weighted by atomic mass is 32.2. The summed E-state index contributed by atoms with van der Waals surface area (Å²) in [5.74, 6) is -1.72. The van der Waals surface area contributed by atoms with Crippen molar-refractivity contribution in [3.8, 4) is 0 Å². The fourth-order valence-electron chi connectivity index (χ4n) is 2.07. The topological polar surface area (TPSA) is 36.8 Å². The molecule has 22 heavy (non-hydrogen) atoms. The Balaban J connectivity index is 1.79. The minimum absolute atomic E-state index is 0.0267. The third kappa shape index (κ3) is 4.89. The van der Waals surface area contributed by atoms with Gasteiger partial charge in [-0.3, -0.25) is 4.79 Å². The van der Waals surface area contributed by atoms with Crippen LogP contribution in [-0.2, 0) is 4.79 Å². The molecule has 0 aliphatic carbocycles. The molecule has 1 heterocycles. The molecule has 0 atom stereocenters. The Morgan fingerprint density at radius 2 is 2.09 bits per heavy atom. The van der Waals surface area contributed by atoms with Crippen LogP contribution in [0.1, 0.15) is 0 Å². The average molecular weight is 346 g/mol. The van der Waals surface area contributed by atoms with Gasteiger partial charge in [0.05, 0.1) is 44.7 Å². The van der Waals surface area contributed by atoms with E-state index in [0.717, 1.165) is 38.3 Å². The normalized spacial score (nSPS) is 15.7. The Morgan fingerprint density at radius 3 is 2.73 bits per heavy atom. The van der Waals surface area contributed by atoms with Gasteiger partial charge in [0.15, 0.2) is 0 Å². The van der Waals surface area contributed by atoms with Crippen molar-refractivity contribution >= 4 is 39.9 Å². The number of halogens is 2. The molecule has 1 fully saturated rings. The summed E-state index contributed by atoms with van der Waals surface area (Å²) in [5.41, 5.74) is -0.0267. The number of likely N-dealkylation sites (N-methyl/N-ethyl adjacent to an activating group) is 1. The van der Waals surface area contributed by atoms with E-state index in [9.17, 15) is 13.6 Å². The molecular weight excluding hydrogens is 328 g/mol. The molecule has 0 spiro atoms. The summed E-state index contributed by atoms with van der Waals surface area (Å²) in [7, 11) is 2.14. The molecule has 1 amide bonds. The van der Waals surface area contributed by atoms with E-state index in [1.54, 1.807) is 0 Å². The lowest BCUT2D eigenvalue weighted by Gasteiger charge is -2.31. The fourth-order valence-corrected chi connectivity index (χ4v) is 3.12. The Morgan fingerprint density at radius 1 is 1.41 bits per heavy atom. The lowest BCUT2D eigenvalue weighted by Crippen LogP contribution is -3.12. The van der Waals surface area contributed by atoms with Crippen LogP contribution in [0.25, 0.3) is 0 Å². The summed E-state index contributed by atoms with van der Waals surface area (Å²) in [5, 5.41) is 2.42. The number of anilines is 1. The van der Waals surface area contributed by atoms with E-state index in [2.05, 4.69) is 17.3 Å². The van der Waals surface area contributed by atoms with Gasteiger partial charge in [-0.15, -0.1) is 0 Å². The van der Waals surface area contributed by atoms with Crippen molar-refractivity contribution in [2.45, 2.75) is 0 Å². The first kappa shape index (κ1) is 17.1. The minimum Gasteiger partial charge on any atom is -0.346 e. The van der Waals surface area contributed by atoms with Gasteiger partial charge in [-0.05, 0) is 12.1 Å². The molecule has 1 aliphatic heterocycles. The van der Waals surface area contributed by atoms with E-state index in [4.69, 9.17) is 12.2 Å². The number of hydrogen-bond donors (Lipinski definition) is 2. The van der Waals surface area contributed by atoms with Gasteiger partial charge in [0.25, 0.3) is 0 Å². The Bertz CT molecular complexity index is 563. The van der Waals surface area contributed by atoms with Gasteiger partial charge in [-0.1, -0.05) is 24.0 Å². The van der Waals surface area contributed by atoms with E-state index < -0.39 is 11.6 Å². The molecular formula is C14H18F2N3OS2+. The number of thioether (sulfide) groups is 1. The highest BCUT2D eigenvalue weighted by Gasteiger charge is 2.19. The second kappa shape index (κ2) is 7.85. The molecule has 0 radical (unpaired) electrons. The average Bonchev–Trinajstić information content (AvgIpc) is 2.48. The van der Waals surface area contributed by atoms with Crippen LogP contribution >= 0.6 is 24.0 Å². The highest BCUT2D eigenvalue weighted by Crippen LogP contribution is 2.16. The molecule has 0 bridgehead atoms. The van der Waals surface area contributed by atoms with Gasteiger partial charge in [0, 0.05) is 6.07 Å². The van der Waals surface area contributed by atoms with E-state index in [0.29, 0.717) is 4.32 Å². The lowest BCUT2D eigenvalue weighted by atomic mass is 10.3. The number of thiocarbonyl (C=S) groups is 1. The number of carbonyl (C=O) groups excluding carboxylic acids is 1. The minimum atomic E-state index is -0.789. The zero-order valence-electron chi connectivity index (χ0n) is 12.2. The third-order valence-electron chi connectivity index (χ3n) is 3.41. The van der Waals surface area contributed by atoms with Crippen molar-refractivity contribution in [3.05, 3.63) is 29.8 Å². The number of rotatable bonds is 3. The van der Waals surface area contributed by atoms with Gasteiger partial charge in [0.1, 0.15) is 16.0 Å². The largest absolute Gasteiger partial charge is 0.346 e. The molecule has 2 N–H and O–H groups in total. The van der Waals surface area contributed by atoms with Gasteiger partial charge in [0.2, 0.25) is 5.91 Å². The van der Waals surface area contributed by atoms with Crippen molar-refractivity contribution in [2.75, 3.05) is 44.3 Å². The number of quaternary nitrogens is 1. The SMILES string of the molecule is C[NH+]1CCN(C(=S)SCC(=O)Nc2ccc(F)cc2F)CC1. The van der Waals surface area contributed by atoms with Crippen molar-refractivity contribution in [3.63, 3.8) is 0 Å². The molecule has 1 aromatic carbocycles. The summed E-state index contributed by atoms with van der Waals surface area (Å²) < 4.78 is 26.9. The quantitative estimate of drug-likeness (QED) is 0.792. The Kier molecular flexibility index (Phi) is 6.10. The molecule has 1 aliphatic rings. The van der Waals surface area contributed by atoms with Crippen molar-refractivity contribution < 1.29 is 18.5 Å². The first-order valence-electron chi connectivity index (χ1n) is 6.93. The lowest BCUT2D eigenvalue weighted by molar-refractivity contribution is -0.883. The Labute approximate surface area is 137 Å². The van der Waals surface area contributed by atoms with Gasteiger partial charge < -0.3 is 15.1 Å². The number of benzene rings is 1. The van der Waals surface area contributed by atoms with Crippen molar-refractivity contribution in [1.82, 2.24) is 4.90 Å². The molecule has 4 nitrogen and oxygen atoms in total. The summed E-state index contributed by atoms with van der Waals surface area (Å²) >= 11 is 6.57. The molecule has 0 unspecified atom stereocenters. The van der Waals surface area contributed by atoms with Gasteiger partial charge in [-0.2, -0.15) is 0 Å². The standard InChI is InChI=1S/C14H17F2N3OS2/c1-18-4-6-19(7-5-18)14(21)22-9-13(20)17-12-3-2-10(15)8-11(12)16/h2-3,8H,4-7,9H2,1H3,(H,17,20)/p+1. The van der Waals surface area contributed by atoms with E-state index in [1.807, 2.05) is 0 Å². The van der Waals surface area contributed by atoms with Crippen LogP contribution in [0.2, 0.25) is 0 Å². The number of piperazine rings is 1. The number of nitrogens with one attached hydrogen (secondary N) is 2. The van der Waals surface area contributed by atoms with Crippen molar-refractivity contribution in [2.24, 2.45) is 0 Å². The predicted octanol–water partition coefficient (Wildman–Crippen LogP) is 0.752. The number of carbonyl (C=O) groups is 1. The highest BCUT2D eigenvalue weighted by molar-refractivity contribution is 8.23. The van der Waals surface area contributed by atoms with Gasteiger partial charge >= 0.3 is 0 Å². The van der Waals surface area contributed by atoms with Crippen molar-refractivity contribution in [1.29, 1.82) is 0 Å². The van der Waals surface area contributed by atoms with Crippen LogP contribution in [0.5, 0.6) is 0 Å². The first-order valence-corrected chi connectivity index (χ1v) is 8.33. The molecule has 1 aromatic rings. The number of nitrogens with zero attached hydrogens (tertiary/aromatic N) is 1. The van der Waals surface area contributed by atoms with Crippen LogP contribution in [0.4, 0.5) is 14.5 Å². The maximum absolute atomic E-state index is 13.4. The second-order valence-electron chi connectivity index (χ2n) is 5.17. The molecule has 1 saturated heterocycles. The monoisotopic (exact) mass is 346 g/mol. The van der Waals surface area contributed by atoms with Crippen LogP contribution in [0.3, 0.4) is 0 Å². The van der Waals surface area contributed by atoms with Crippen LogP contribution < -0.4 is 10.2 Å². The van der Waals surface area contributed by atoms with E-state index >= 15 is 0 Å². The summed E-state index contributed by atoms with van der Waals surface area (Å²) in [4.78, 5) is 15.4. The Hall–Kier alpha value is -1.25. The first-order chi connectivity index (χ1) is 10.5. The number of amides is 1. The zero-order chi connectivity index (χ0) is 16.1. The predicted molar refractivity (Wildman–Crippen MR) is 88.2 cm³/mol. The van der Waals surface area contributed by atoms with E-state index in [1.165, 1.54) is 22.7 Å². The van der Waals surface area contributed by atoms with E-state index in [-0.39, 0.29) is 17.3 Å². The third-order valence-corrected chi connectivity index (χ3v) is 4.93. The fraction of sp³-hybridized carbons (Fsp3) is 0.429. The molecule has 0 saturated carbocycles. The summed E-state index contributed by atoms with van der Waals surface area (Å²) in [6.45, 7) is 3.80. The maximum atomic E-state index is 13.4. The van der Waals surface area contributed by atoms with Crippen LogP contribution in [-0.4, -0.2) is 54.1 Å². The molecule has 2 rings (SSSR count). The second-order valence-corrected chi connectivity index (χ2v) is 6.78. The maximum Gasteiger partial charge on any atom is 0.234 e. The number of hydrogen-bond acceptors (Lipinski definition) is 3. The summed E-state index contributed by atoms with van der Waals surface area (Å²) in [6, 6.07) is 3.04. The van der Waals surface area contributed by atoms with Crippen LogP contribution in [0, 0.1) is 11.6 Å². The molecule has 8 heteroatoms. The summed E-state index contributed by atoms with van der Waals surface area (Å²) in [6.07, 6.45) is 0. The van der Waals surface area contributed by atoms with Crippen LogP contribution in [0.15, 0.2) is 18.2 Å². The molecule has 120 valence electrons. The van der Waals surface area contributed by atoms with Gasteiger partial charge in [-0.25, -0.2) is 8.78 Å². The zero-order valence-corrected chi connectivity index (χ0v) is 13.8.